The fourth-order valence-corrected chi connectivity index (χ4v) is 4.66. The lowest BCUT2D eigenvalue weighted by atomic mass is 9.79. The summed E-state index contributed by atoms with van der Waals surface area (Å²) in [4.78, 5) is 0. The second-order valence-electron chi connectivity index (χ2n) is 8.28. The van der Waals surface area contributed by atoms with Crippen molar-refractivity contribution in [3.05, 3.63) is 76.6 Å². The highest BCUT2D eigenvalue weighted by atomic mass is 19.1. The van der Waals surface area contributed by atoms with Crippen LogP contribution in [0, 0.1) is 5.82 Å². The molecule has 0 saturated carbocycles. The first-order valence-electron chi connectivity index (χ1n) is 11.1. The van der Waals surface area contributed by atoms with E-state index in [1.54, 1.807) is 0 Å². The van der Waals surface area contributed by atoms with Crippen LogP contribution in [0.25, 0.3) is 10.8 Å². The summed E-state index contributed by atoms with van der Waals surface area (Å²) in [6.07, 6.45) is 7.63. The highest BCUT2D eigenvalue weighted by molar-refractivity contribution is 5.84. The number of halogens is 1. The summed E-state index contributed by atoms with van der Waals surface area (Å²) >= 11 is 0. The zero-order chi connectivity index (χ0) is 20.2. The third-order valence-electron chi connectivity index (χ3n) is 6.27. The second kappa shape index (κ2) is 8.98. The van der Waals surface area contributed by atoms with E-state index in [-0.39, 0.29) is 11.7 Å². The molecule has 1 aliphatic carbocycles. The van der Waals surface area contributed by atoms with Crippen molar-refractivity contribution >= 4 is 10.8 Å². The fraction of sp³-hybridized carbons (Fsp3) is 0.407. The SMILES string of the molecule is CCCCCc1ccc2c(F)c(C3CCc4cc(OCC)ccc4C3)ccc2c1. The molecule has 0 aliphatic heterocycles. The van der Waals surface area contributed by atoms with Crippen LogP contribution < -0.4 is 4.74 Å². The van der Waals surface area contributed by atoms with Gasteiger partial charge in [-0.15, -0.1) is 0 Å². The van der Waals surface area contributed by atoms with Crippen LogP contribution in [0.5, 0.6) is 5.75 Å². The molecule has 1 nitrogen and oxygen atoms in total. The fourth-order valence-electron chi connectivity index (χ4n) is 4.66. The Bertz CT molecular complexity index is 991. The molecule has 0 spiro atoms. The van der Waals surface area contributed by atoms with E-state index in [2.05, 4.69) is 37.3 Å². The minimum atomic E-state index is -0.0259. The summed E-state index contributed by atoms with van der Waals surface area (Å²) in [5, 5.41) is 1.79. The monoisotopic (exact) mass is 390 g/mol. The summed E-state index contributed by atoms with van der Waals surface area (Å²) in [7, 11) is 0. The van der Waals surface area contributed by atoms with Crippen LogP contribution in [0.15, 0.2) is 48.5 Å². The molecule has 0 amide bonds. The highest BCUT2D eigenvalue weighted by Gasteiger charge is 2.24. The van der Waals surface area contributed by atoms with Gasteiger partial charge < -0.3 is 4.74 Å². The van der Waals surface area contributed by atoms with E-state index in [0.29, 0.717) is 6.61 Å². The van der Waals surface area contributed by atoms with Crippen molar-refractivity contribution in [2.24, 2.45) is 0 Å². The summed E-state index contributed by atoms with van der Waals surface area (Å²) in [5.41, 5.74) is 4.87. The number of aryl methyl sites for hydroxylation is 2. The summed E-state index contributed by atoms with van der Waals surface area (Å²) in [6.45, 7) is 4.91. The molecule has 1 aliphatic rings. The van der Waals surface area contributed by atoms with Crippen molar-refractivity contribution in [2.75, 3.05) is 6.61 Å². The molecular weight excluding hydrogens is 359 g/mol. The van der Waals surface area contributed by atoms with Crippen molar-refractivity contribution < 1.29 is 9.13 Å². The maximum Gasteiger partial charge on any atom is 0.134 e. The summed E-state index contributed by atoms with van der Waals surface area (Å²) < 4.78 is 21.0. The van der Waals surface area contributed by atoms with E-state index in [0.717, 1.165) is 47.8 Å². The topological polar surface area (TPSA) is 9.23 Å². The minimum Gasteiger partial charge on any atom is -0.494 e. The minimum absolute atomic E-state index is 0.0259. The molecular formula is C27H31FO. The number of hydrogen-bond acceptors (Lipinski definition) is 1. The lowest BCUT2D eigenvalue weighted by Crippen LogP contribution is -2.14. The van der Waals surface area contributed by atoms with Crippen LogP contribution in [0.3, 0.4) is 0 Å². The van der Waals surface area contributed by atoms with Crippen molar-refractivity contribution in [1.29, 1.82) is 0 Å². The van der Waals surface area contributed by atoms with Gasteiger partial charge in [0.1, 0.15) is 11.6 Å². The number of hydrogen-bond donors (Lipinski definition) is 0. The molecule has 2 heteroatoms. The van der Waals surface area contributed by atoms with Crippen LogP contribution in [0.1, 0.15) is 67.7 Å². The van der Waals surface area contributed by atoms with Gasteiger partial charge >= 0.3 is 0 Å². The maximum atomic E-state index is 15.4. The Hall–Kier alpha value is -2.35. The molecule has 0 saturated heterocycles. The molecule has 0 heterocycles. The largest absolute Gasteiger partial charge is 0.494 e. The molecule has 0 fully saturated rings. The van der Waals surface area contributed by atoms with Crippen molar-refractivity contribution in [3.8, 4) is 5.75 Å². The lowest BCUT2D eigenvalue weighted by molar-refractivity contribution is 0.339. The molecule has 0 radical (unpaired) electrons. The Morgan fingerprint density at radius 2 is 1.86 bits per heavy atom. The Balaban J connectivity index is 1.56. The number of benzene rings is 3. The van der Waals surface area contributed by atoms with E-state index in [1.165, 1.54) is 36.0 Å². The molecule has 4 rings (SSSR count). The Labute approximate surface area is 173 Å². The van der Waals surface area contributed by atoms with Gasteiger partial charge in [0.25, 0.3) is 0 Å². The zero-order valence-corrected chi connectivity index (χ0v) is 17.6. The van der Waals surface area contributed by atoms with Crippen molar-refractivity contribution in [3.63, 3.8) is 0 Å². The first-order chi connectivity index (χ1) is 14.2. The Morgan fingerprint density at radius 1 is 0.966 bits per heavy atom. The molecule has 3 aromatic rings. The quantitative estimate of drug-likeness (QED) is 0.382. The average molecular weight is 391 g/mol. The van der Waals surface area contributed by atoms with Gasteiger partial charge in [-0.25, -0.2) is 4.39 Å². The van der Waals surface area contributed by atoms with Gasteiger partial charge in [0.2, 0.25) is 0 Å². The van der Waals surface area contributed by atoms with Gasteiger partial charge in [0.05, 0.1) is 6.61 Å². The number of unbranched alkanes of at least 4 members (excludes halogenated alkanes) is 2. The normalized spacial score (nSPS) is 16.0. The second-order valence-corrected chi connectivity index (χ2v) is 8.28. The lowest BCUT2D eigenvalue weighted by Gasteiger charge is -2.26. The van der Waals surface area contributed by atoms with Gasteiger partial charge in [0, 0.05) is 5.39 Å². The third kappa shape index (κ3) is 4.32. The summed E-state index contributed by atoms with van der Waals surface area (Å²) in [5.74, 6) is 1.16. The van der Waals surface area contributed by atoms with E-state index in [4.69, 9.17) is 4.74 Å². The Morgan fingerprint density at radius 3 is 2.69 bits per heavy atom. The molecule has 0 N–H and O–H groups in total. The number of ether oxygens (including phenoxy) is 1. The van der Waals surface area contributed by atoms with Gasteiger partial charge in [0.15, 0.2) is 0 Å². The van der Waals surface area contributed by atoms with Gasteiger partial charge in [-0.3, -0.25) is 0 Å². The van der Waals surface area contributed by atoms with Crippen molar-refractivity contribution in [1.82, 2.24) is 0 Å². The Kier molecular flexibility index (Phi) is 6.18. The molecule has 29 heavy (non-hydrogen) atoms. The van der Waals surface area contributed by atoms with Crippen molar-refractivity contribution in [2.45, 2.75) is 64.7 Å². The smallest absolute Gasteiger partial charge is 0.134 e. The predicted molar refractivity (Wildman–Crippen MR) is 120 cm³/mol. The van der Waals surface area contributed by atoms with Crippen LogP contribution in [-0.4, -0.2) is 6.61 Å². The third-order valence-corrected chi connectivity index (χ3v) is 6.27. The molecule has 152 valence electrons. The van der Waals surface area contributed by atoms with Crippen LogP contribution in [0.2, 0.25) is 0 Å². The standard InChI is InChI=1S/C27H31FO/c1-3-5-6-7-19-8-14-25-22(16-19)12-15-26(27(25)28)23-10-9-21-18-24(29-4-2)13-11-20(21)17-23/h8,11-16,18,23H,3-7,9-10,17H2,1-2H3. The number of rotatable bonds is 7. The highest BCUT2D eigenvalue weighted by Crippen LogP contribution is 2.37. The van der Waals surface area contributed by atoms with E-state index in [1.807, 2.05) is 25.1 Å². The van der Waals surface area contributed by atoms with Gasteiger partial charge in [-0.1, -0.05) is 56.2 Å². The van der Waals surface area contributed by atoms with Gasteiger partial charge in [-0.05, 0) is 84.7 Å². The van der Waals surface area contributed by atoms with E-state index < -0.39 is 0 Å². The molecule has 3 aromatic carbocycles. The van der Waals surface area contributed by atoms with Crippen LogP contribution in [-0.2, 0) is 19.3 Å². The predicted octanol–water partition coefficient (Wildman–Crippen LogP) is 7.38. The molecule has 1 unspecified atom stereocenters. The van der Waals surface area contributed by atoms with E-state index >= 15 is 4.39 Å². The molecule has 0 bridgehead atoms. The maximum absolute atomic E-state index is 15.4. The van der Waals surface area contributed by atoms with E-state index in [9.17, 15) is 0 Å². The zero-order valence-electron chi connectivity index (χ0n) is 17.6. The van der Waals surface area contributed by atoms with Gasteiger partial charge in [-0.2, -0.15) is 0 Å². The average Bonchev–Trinajstić information content (AvgIpc) is 2.74. The first-order valence-corrected chi connectivity index (χ1v) is 11.1. The molecule has 1 atom stereocenters. The molecule has 0 aromatic heterocycles. The summed E-state index contributed by atoms with van der Waals surface area (Å²) in [6, 6.07) is 16.8. The first kappa shape index (κ1) is 19.9. The number of fused-ring (bicyclic) bond motifs is 2. The van der Waals surface area contributed by atoms with Crippen LogP contribution in [0.4, 0.5) is 4.39 Å². The van der Waals surface area contributed by atoms with Crippen LogP contribution >= 0.6 is 0 Å².